The van der Waals surface area contributed by atoms with Crippen LogP contribution in [0, 0.1) is 0 Å². The molecule has 0 bridgehead atoms. The number of benzene rings is 3. The summed E-state index contributed by atoms with van der Waals surface area (Å²) in [6.45, 7) is 0.137. The number of alkyl carbamates (subject to hydrolysis) is 1. The van der Waals surface area contributed by atoms with Gasteiger partial charge in [0.25, 0.3) is 0 Å². The number of hydrogen-bond acceptors (Lipinski definition) is 5. The summed E-state index contributed by atoms with van der Waals surface area (Å²) in [5.74, 6) is -1.11. The maximum Gasteiger partial charge on any atom is 0.407 e. The van der Waals surface area contributed by atoms with Gasteiger partial charge in [-0.15, -0.1) is 0 Å². The number of ether oxygens (including phenoxy) is 1. The van der Waals surface area contributed by atoms with E-state index in [0.717, 1.165) is 22.3 Å². The number of carboxylic acids is 1. The number of carbonyl (C=O) groups is 3. The van der Waals surface area contributed by atoms with Crippen molar-refractivity contribution in [3.05, 3.63) is 89.5 Å². The molecule has 0 heterocycles. The van der Waals surface area contributed by atoms with Gasteiger partial charge in [0.1, 0.15) is 12.6 Å². The van der Waals surface area contributed by atoms with Crippen LogP contribution in [0.1, 0.15) is 33.8 Å². The molecule has 3 aromatic carbocycles. The van der Waals surface area contributed by atoms with E-state index in [0.29, 0.717) is 12.2 Å². The van der Waals surface area contributed by atoms with Gasteiger partial charge in [0, 0.05) is 5.92 Å². The number of rotatable bonds is 9. The van der Waals surface area contributed by atoms with Crippen molar-refractivity contribution in [2.75, 3.05) is 23.9 Å². The van der Waals surface area contributed by atoms with Gasteiger partial charge in [-0.3, -0.25) is 4.79 Å². The van der Waals surface area contributed by atoms with E-state index in [4.69, 9.17) is 4.74 Å². The Labute approximate surface area is 207 Å². The van der Waals surface area contributed by atoms with E-state index in [1.807, 2.05) is 42.7 Å². The zero-order valence-corrected chi connectivity index (χ0v) is 20.0. The molecule has 0 aromatic heterocycles. The van der Waals surface area contributed by atoms with Gasteiger partial charge < -0.3 is 20.5 Å². The Hall–Kier alpha value is -3.78. The largest absolute Gasteiger partial charge is 0.478 e. The van der Waals surface area contributed by atoms with Crippen LogP contribution in [-0.2, 0) is 9.53 Å². The third kappa shape index (κ3) is 5.49. The van der Waals surface area contributed by atoms with Crippen molar-refractivity contribution in [2.24, 2.45) is 0 Å². The molecule has 0 saturated carbocycles. The minimum Gasteiger partial charge on any atom is -0.478 e. The quantitative estimate of drug-likeness (QED) is 0.391. The Bertz CT molecular complexity index is 1200. The topological polar surface area (TPSA) is 105 Å². The second kappa shape index (κ2) is 11.1. The van der Waals surface area contributed by atoms with Crippen LogP contribution in [-0.4, -0.2) is 47.7 Å². The molecule has 2 amide bonds. The number of carbonyl (C=O) groups excluding carboxylic acids is 2. The fourth-order valence-corrected chi connectivity index (χ4v) is 4.76. The number of para-hydroxylation sites is 1. The molecule has 0 aliphatic heterocycles. The lowest BCUT2D eigenvalue weighted by Gasteiger charge is -2.20. The van der Waals surface area contributed by atoms with Crippen molar-refractivity contribution in [1.82, 2.24) is 5.32 Å². The molecule has 3 N–H and O–H groups in total. The van der Waals surface area contributed by atoms with Crippen molar-refractivity contribution in [3.63, 3.8) is 0 Å². The highest BCUT2D eigenvalue weighted by Gasteiger charge is 2.30. The molecule has 180 valence electrons. The van der Waals surface area contributed by atoms with Crippen molar-refractivity contribution < 1.29 is 24.2 Å². The van der Waals surface area contributed by atoms with Crippen LogP contribution in [0.25, 0.3) is 11.1 Å². The summed E-state index contributed by atoms with van der Waals surface area (Å²) >= 11 is 1.54. The van der Waals surface area contributed by atoms with Crippen LogP contribution < -0.4 is 10.6 Å². The fourth-order valence-electron chi connectivity index (χ4n) is 4.29. The molecular weight excluding hydrogens is 464 g/mol. The average molecular weight is 491 g/mol. The Morgan fingerprint density at radius 1 is 0.943 bits per heavy atom. The first-order valence-corrected chi connectivity index (χ1v) is 12.6. The molecule has 1 atom stereocenters. The average Bonchev–Trinajstić information content (AvgIpc) is 3.19. The fraction of sp³-hybridized carbons (Fsp3) is 0.222. The number of carboxylic acid groups (broad SMARTS) is 1. The molecule has 7 nitrogen and oxygen atoms in total. The predicted molar refractivity (Wildman–Crippen MR) is 137 cm³/mol. The van der Waals surface area contributed by atoms with E-state index in [-0.39, 0.29) is 23.8 Å². The van der Waals surface area contributed by atoms with Crippen molar-refractivity contribution >= 4 is 35.4 Å². The van der Waals surface area contributed by atoms with Gasteiger partial charge in [0.15, 0.2) is 0 Å². The second-order valence-corrected chi connectivity index (χ2v) is 9.13. The van der Waals surface area contributed by atoms with Crippen molar-refractivity contribution in [2.45, 2.75) is 18.4 Å². The van der Waals surface area contributed by atoms with Crippen LogP contribution in [0.3, 0.4) is 0 Å². The normalized spacial score (nSPS) is 12.8. The highest BCUT2D eigenvalue weighted by Crippen LogP contribution is 2.44. The van der Waals surface area contributed by atoms with Crippen LogP contribution in [0.4, 0.5) is 10.5 Å². The van der Waals surface area contributed by atoms with Crippen LogP contribution in [0.5, 0.6) is 0 Å². The molecule has 0 radical (unpaired) electrons. The van der Waals surface area contributed by atoms with Crippen LogP contribution >= 0.6 is 11.8 Å². The molecule has 0 saturated heterocycles. The molecule has 1 unspecified atom stereocenters. The monoisotopic (exact) mass is 490 g/mol. The molecule has 3 aromatic rings. The van der Waals surface area contributed by atoms with Gasteiger partial charge in [-0.05, 0) is 52.8 Å². The van der Waals surface area contributed by atoms with E-state index in [1.54, 1.807) is 23.9 Å². The summed E-state index contributed by atoms with van der Waals surface area (Å²) < 4.78 is 5.58. The molecule has 35 heavy (non-hydrogen) atoms. The minimum atomic E-state index is -1.15. The first-order chi connectivity index (χ1) is 17.0. The molecule has 0 spiro atoms. The molecule has 8 heteroatoms. The summed E-state index contributed by atoms with van der Waals surface area (Å²) in [7, 11) is 0. The second-order valence-electron chi connectivity index (χ2n) is 8.14. The number of nitrogens with one attached hydrogen (secondary N) is 2. The minimum absolute atomic E-state index is 0.0226. The Morgan fingerprint density at radius 2 is 1.54 bits per heavy atom. The Balaban J connectivity index is 1.43. The lowest BCUT2D eigenvalue weighted by atomic mass is 9.98. The Morgan fingerprint density at radius 3 is 2.17 bits per heavy atom. The summed E-state index contributed by atoms with van der Waals surface area (Å²) in [4.78, 5) is 37.1. The van der Waals surface area contributed by atoms with E-state index in [9.17, 15) is 19.5 Å². The van der Waals surface area contributed by atoms with Gasteiger partial charge in [-0.1, -0.05) is 60.7 Å². The zero-order valence-electron chi connectivity index (χ0n) is 19.2. The molecular formula is C27H26N2O5S. The lowest BCUT2D eigenvalue weighted by molar-refractivity contribution is -0.118. The zero-order chi connectivity index (χ0) is 24.8. The first-order valence-electron chi connectivity index (χ1n) is 11.2. The van der Waals surface area contributed by atoms with Gasteiger partial charge in [-0.25, -0.2) is 9.59 Å². The van der Waals surface area contributed by atoms with Gasteiger partial charge in [0.05, 0.1) is 11.3 Å². The highest BCUT2D eigenvalue weighted by molar-refractivity contribution is 7.98. The number of amides is 2. The third-order valence-corrected chi connectivity index (χ3v) is 6.62. The van der Waals surface area contributed by atoms with Crippen LogP contribution in [0.15, 0.2) is 72.8 Å². The Kier molecular flexibility index (Phi) is 7.72. The smallest absolute Gasteiger partial charge is 0.407 e. The summed E-state index contributed by atoms with van der Waals surface area (Å²) in [5, 5.41) is 14.7. The highest BCUT2D eigenvalue weighted by atomic mass is 32.2. The number of fused-ring (bicyclic) bond motifs is 3. The number of thioether (sulfide) groups is 1. The molecule has 1 aliphatic rings. The lowest BCUT2D eigenvalue weighted by Crippen LogP contribution is -2.44. The predicted octanol–water partition coefficient (Wildman–Crippen LogP) is 4.98. The SMILES string of the molecule is CSCCC(NC(=O)OCC1c2ccccc2-c2ccccc21)C(=O)Nc1ccccc1C(=O)O. The van der Waals surface area contributed by atoms with E-state index >= 15 is 0 Å². The van der Waals surface area contributed by atoms with E-state index in [1.165, 1.54) is 12.1 Å². The molecule has 4 rings (SSSR count). The third-order valence-electron chi connectivity index (χ3n) is 5.98. The van der Waals surface area contributed by atoms with Gasteiger partial charge in [0.2, 0.25) is 5.91 Å². The maximum atomic E-state index is 12.9. The van der Waals surface area contributed by atoms with Crippen molar-refractivity contribution in [1.29, 1.82) is 0 Å². The summed E-state index contributed by atoms with van der Waals surface area (Å²) in [6.07, 6.45) is 1.58. The summed E-state index contributed by atoms with van der Waals surface area (Å²) in [5.41, 5.74) is 4.61. The van der Waals surface area contributed by atoms with E-state index < -0.39 is 24.0 Å². The van der Waals surface area contributed by atoms with Gasteiger partial charge in [-0.2, -0.15) is 11.8 Å². The van der Waals surface area contributed by atoms with Crippen molar-refractivity contribution in [3.8, 4) is 11.1 Å². The van der Waals surface area contributed by atoms with Gasteiger partial charge >= 0.3 is 12.1 Å². The first kappa shape index (κ1) is 24.3. The standard InChI is InChI=1S/C27H26N2O5S/c1-35-15-14-24(25(30)28-23-13-7-6-12-21(23)26(31)32)29-27(33)34-16-22-19-10-4-2-8-17(19)18-9-3-5-11-20(18)22/h2-13,22,24H,14-16H2,1H3,(H,28,30)(H,29,33)(H,31,32). The van der Waals surface area contributed by atoms with E-state index in [2.05, 4.69) is 22.8 Å². The van der Waals surface area contributed by atoms with Crippen LogP contribution in [0.2, 0.25) is 0 Å². The maximum absolute atomic E-state index is 12.9. The summed E-state index contributed by atoms with van der Waals surface area (Å²) in [6, 6.07) is 21.4. The number of anilines is 1. The number of hydrogen-bond donors (Lipinski definition) is 3. The molecule has 0 fully saturated rings. The molecule has 1 aliphatic carbocycles. The number of aromatic carboxylic acids is 1.